The molecule has 0 fully saturated rings. The molecule has 9 heteroatoms. The van der Waals surface area contributed by atoms with Crippen LogP contribution in [0.2, 0.25) is 5.15 Å². The van der Waals surface area contributed by atoms with Gasteiger partial charge in [0.05, 0.1) is 22.5 Å². The average molecular weight is 483 g/mol. The molecular weight excluding hydrogens is 464 g/mol. The van der Waals surface area contributed by atoms with Crippen molar-refractivity contribution >= 4 is 56.5 Å². The van der Waals surface area contributed by atoms with E-state index in [2.05, 4.69) is 10.3 Å². The summed E-state index contributed by atoms with van der Waals surface area (Å²) in [5.74, 6) is -0.162. The molecule has 0 atom stereocenters. The molecule has 0 unspecified atom stereocenters. The lowest BCUT2D eigenvalue weighted by Gasteiger charge is -2.13. The first kappa shape index (κ1) is 21.2. The molecule has 3 aromatic heterocycles. The summed E-state index contributed by atoms with van der Waals surface area (Å²) >= 11 is 8.88. The van der Waals surface area contributed by atoms with Gasteiger partial charge >= 0.3 is 0 Å². The first-order chi connectivity index (χ1) is 15.6. The van der Waals surface area contributed by atoms with Crippen LogP contribution in [0.25, 0.3) is 15.9 Å². The topological polar surface area (TPSA) is 76.9 Å². The number of pyridine rings is 1. The van der Waals surface area contributed by atoms with Crippen molar-refractivity contribution in [3.8, 4) is 5.69 Å². The minimum Gasteiger partial charge on any atom is -0.323 e. The van der Waals surface area contributed by atoms with E-state index in [-0.39, 0.29) is 22.4 Å². The van der Waals surface area contributed by atoms with Crippen LogP contribution in [-0.2, 0) is 17.6 Å². The number of nitrogens with zero attached hydrogens (tertiary/aromatic N) is 3. The van der Waals surface area contributed by atoms with Gasteiger partial charge in [-0.3, -0.25) is 14.2 Å². The molecule has 1 aromatic carbocycles. The summed E-state index contributed by atoms with van der Waals surface area (Å²) in [6.45, 7) is 0. The number of halogens is 1. The van der Waals surface area contributed by atoms with E-state index >= 15 is 0 Å². The van der Waals surface area contributed by atoms with Gasteiger partial charge in [0, 0.05) is 11.1 Å². The normalized spacial score (nSPS) is 13.2. The van der Waals surface area contributed by atoms with Gasteiger partial charge in [0.25, 0.3) is 5.56 Å². The van der Waals surface area contributed by atoms with Gasteiger partial charge in [0.15, 0.2) is 10.3 Å². The number of hydrogen-bond acceptors (Lipinski definition) is 6. The summed E-state index contributed by atoms with van der Waals surface area (Å²) in [4.78, 5) is 37.0. The summed E-state index contributed by atoms with van der Waals surface area (Å²) in [6, 6.07) is 12.8. The van der Waals surface area contributed by atoms with Crippen molar-refractivity contribution in [2.24, 2.45) is 0 Å². The van der Waals surface area contributed by atoms with Gasteiger partial charge in [-0.25, -0.2) is 9.97 Å². The van der Waals surface area contributed by atoms with Crippen LogP contribution >= 0.6 is 34.7 Å². The Morgan fingerprint density at radius 2 is 1.97 bits per heavy atom. The summed E-state index contributed by atoms with van der Waals surface area (Å²) in [5, 5.41) is 4.22. The number of carbonyl (C=O) groups is 1. The van der Waals surface area contributed by atoms with Gasteiger partial charge in [0.1, 0.15) is 4.83 Å². The maximum absolute atomic E-state index is 13.7. The van der Waals surface area contributed by atoms with Crippen molar-refractivity contribution in [2.75, 3.05) is 11.1 Å². The number of para-hydroxylation sites is 1. The summed E-state index contributed by atoms with van der Waals surface area (Å²) in [6.07, 6.45) is 5.72. The number of aromatic nitrogens is 3. The van der Waals surface area contributed by atoms with E-state index in [4.69, 9.17) is 16.6 Å². The predicted molar refractivity (Wildman–Crippen MR) is 130 cm³/mol. The number of thiophene rings is 1. The molecule has 0 radical (unpaired) electrons. The van der Waals surface area contributed by atoms with Gasteiger partial charge < -0.3 is 5.32 Å². The molecule has 1 aliphatic carbocycles. The minimum atomic E-state index is -0.246. The van der Waals surface area contributed by atoms with E-state index in [9.17, 15) is 9.59 Å². The van der Waals surface area contributed by atoms with Crippen LogP contribution in [0.5, 0.6) is 0 Å². The molecule has 1 aliphatic rings. The Bertz CT molecular complexity index is 1370. The number of fused-ring (bicyclic) bond motifs is 3. The second-order valence-corrected chi connectivity index (χ2v) is 9.82. The molecule has 32 heavy (non-hydrogen) atoms. The van der Waals surface area contributed by atoms with Gasteiger partial charge in [-0.15, -0.1) is 11.3 Å². The molecule has 4 aromatic rings. The third-order valence-electron chi connectivity index (χ3n) is 5.34. The number of thioether (sulfide) groups is 1. The highest BCUT2D eigenvalue weighted by Gasteiger charge is 2.23. The van der Waals surface area contributed by atoms with Crippen LogP contribution in [0.4, 0.5) is 5.69 Å². The lowest BCUT2D eigenvalue weighted by molar-refractivity contribution is -0.113. The van der Waals surface area contributed by atoms with Gasteiger partial charge in [-0.2, -0.15) is 0 Å². The molecule has 0 aliphatic heterocycles. The molecule has 6 nitrogen and oxygen atoms in total. The van der Waals surface area contributed by atoms with E-state index in [0.717, 1.165) is 47.2 Å². The Morgan fingerprint density at radius 1 is 1.16 bits per heavy atom. The fourth-order valence-electron chi connectivity index (χ4n) is 3.88. The van der Waals surface area contributed by atoms with Crippen LogP contribution < -0.4 is 10.9 Å². The van der Waals surface area contributed by atoms with Crippen LogP contribution in [-0.4, -0.2) is 26.2 Å². The third-order valence-corrected chi connectivity index (χ3v) is 7.76. The van der Waals surface area contributed by atoms with Gasteiger partial charge in [-0.1, -0.05) is 41.6 Å². The smallest absolute Gasteiger partial charge is 0.267 e. The summed E-state index contributed by atoms with van der Waals surface area (Å²) < 4.78 is 1.62. The minimum absolute atomic E-state index is 0.0705. The fraction of sp³-hybridized carbons (Fsp3) is 0.217. The molecule has 1 amide bonds. The molecule has 0 saturated heterocycles. The molecule has 1 N–H and O–H groups in total. The maximum Gasteiger partial charge on any atom is 0.267 e. The van der Waals surface area contributed by atoms with Crippen molar-refractivity contribution in [2.45, 2.75) is 30.8 Å². The number of amides is 1. The van der Waals surface area contributed by atoms with Crippen molar-refractivity contribution in [1.82, 2.24) is 14.5 Å². The summed E-state index contributed by atoms with van der Waals surface area (Å²) in [7, 11) is 0. The lowest BCUT2D eigenvalue weighted by atomic mass is 9.97. The van der Waals surface area contributed by atoms with Gasteiger partial charge in [-0.05, 0) is 55.5 Å². The molecular formula is C23H19ClN4O2S2. The zero-order chi connectivity index (χ0) is 22.1. The van der Waals surface area contributed by atoms with Crippen LogP contribution in [0, 0.1) is 0 Å². The highest BCUT2D eigenvalue weighted by atomic mass is 35.5. The Morgan fingerprint density at radius 3 is 2.78 bits per heavy atom. The number of benzene rings is 1. The fourth-order valence-corrected chi connectivity index (χ4v) is 6.17. The van der Waals surface area contributed by atoms with E-state index in [1.165, 1.54) is 16.6 Å². The zero-order valence-electron chi connectivity index (χ0n) is 17.0. The quantitative estimate of drug-likeness (QED) is 0.243. The third kappa shape index (κ3) is 4.05. The lowest BCUT2D eigenvalue weighted by Crippen LogP contribution is -2.23. The Balaban J connectivity index is 1.52. The van der Waals surface area contributed by atoms with E-state index in [0.29, 0.717) is 10.8 Å². The van der Waals surface area contributed by atoms with Crippen molar-refractivity contribution in [1.29, 1.82) is 0 Å². The number of anilines is 1. The first-order valence-corrected chi connectivity index (χ1v) is 12.5. The molecule has 3 heterocycles. The van der Waals surface area contributed by atoms with Crippen molar-refractivity contribution < 1.29 is 4.79 Å². The number of rotatable bonds is 5. The van der Waals surface area contributed by atoms with Crippen LogP contribution in [0.15, 0.2) is 58.6 Å². The van der Waals surface area contributed by atoms with E-state index in [1.54, 1.807) is 34.2 Å². The first-order valence-electron chi connectivity index (χ1n) is 10.3. The Hall–Kier alpha value is -2.68. The zero-order valence-corrected chi connectivity index (χ0v) is 19.4. The largest absolute Gasteiger partial charge is 0.323 e. The van der Waals surface area contributed by atoms with Crippen LogP contribution in [0.3, 0.4) is 0 Å². The maximum atomic E-state index is 13.7. The molecule has 0 spiro atoms. The van der Waals surface area contributed by atoms with Crippen molar-refractivity contribution in [3.05, 3.63) is 74.6 Å². The number of nitrogens with one attached hydrogen (secondary N) is 1. The van der Waals surface area contributed by atoms with Crippen LogP contribution in [0.1, 0.15) is 23.3 Å². The Labute approximate surface area is 197 Å². The number of aryl methyl sites for hydroxylation is 2. The number of hydrogen-bond donors (Lipinski definition) is 1. The second kappa shape index (κ2) is 9.05. The van der Waals surface area contributed by atoms with E-state index in [1.807, 2.05) is 30.3 Å². The molecule has 0 bridgehead atoms. The molecule has 0 saturated carbocycles. The highest BCUT2D eigenvalue weighted by molar-refractivity contribution is 7.99. The average Bonchev–Trinajstić information content (AvgIpc) is 3.18. The van der Waals surface area contributed by atoms with Crippen molar-refractivity contribution in [3.63, 3.8) is 0 Å². The molecule has 5 rings (SSSR count). The monoisotopic (exact) mass is 482 g/mol. The Kier molecular flexibility index (Phi) is 5.99. The standard InChI is InChI=1S/C23H19ClN4O2S2/c24-20-16(10-6-12-25-20)26-18(29)13-31-23-27-21-19(15-9-4-5-11-17(15)32-21)22(30)28(23)14-7-2-1-3-8-14/h1-3,6-8,10,12H,4-5,9,11,13H2,(H,26,29). The molecule has 162 valence electrons. The predicted octanol–water partition coefficient (Wildman–Crippen LogP) is 5.11. The van der Waals surface area contributed by atoms with E-state index < -0.39 is 0 Å². The number of carbonyl (C=O) groups excluding carboxylic acids is 1. The second-order valence-electron chi connectivity index (χ2n) is 7.44. The SMILES string of the molecule is O=C(CSc1nc2sc3c(c2c(=O)n1-c1ccccc1)CCCC3)Nc1cccnc1Cl. The summed E-state index contributed by atoms with van der Waals surface area (Å²) in [5.41, 5.74) is 2.27. The van der Waals surface area contributed by atoms with Gasteiger partial charge in [0.2, 0.25) is 5.91 Å². The highest BCUT2D eigenvalue weighted by Crippen LogP contribution is 2.35.